The molecule has 6 aromatic heterocycles. The molecule has 0 atom stereocenters. The zero-order chi connectivity index (χ0) is 39.0. The van der Waals surface area contributed by atoms with Crippen LogP contribution in [0.3, 0.4) is 0 Å². The van der Waals surface area contributed by atoms with Gasteiger partial charge in [0.1, 0.15) is 0 Å². The van der Waals surface area contributed by atoms with E-state index < -0.39 is 20.5 Å². The van der Waals surface area contributed by atoms with E-state index in [2.05, 4.69) is 82.3 Å². The van der Waals surface area contributed by atoms with Crippen molar-refractivity contribution in [2.75, 3.05) is 0 Å². The quantitative estimate of drug-likeness (QED) is 0.144. The Kier molecular flexibility index (Phi) is 19.2. The molecule has 0 saturated heterocycles. The molecule has 0 aliphatic heterocycles. The van der Waals surface area contributed by atoms with Gasteiger partial charge in [-0.15, -0.1) is 20.5 Å². The van der Waals surface area contributed by atoms with Crippen LogP contribution in [0.4, 0.5) is 0 Å². The number of nitrogens with zero attached hydrogens (tertiary/aromatic N) is 10. The second-order valence-corrected chi connectivity index (χ2v) is 13.1. The molecule has 6 heterocycles. The van der Waals surface area contributed by atoms with Gasteiger partial charge in [0, 0.05) is 58.7 Å². The SMILES string of the molecule is Cc1cc(C)n(C(c2ccncc2)n2nc(C)cc2C)n1.Cc1cc(C)n(C(c2ccncc2)n2nc(C)cc2C)n1.[Ag+].[Ag+].[O-][Cl+3]([O-])([O-])[O-].[O-][Cl+3]([O-])([O-])[O-]. The molecule has 0 aliphatic carbocycles. The fraction of sp³-hybridized carbons (Fsp3) is 0.312. The van der Waals surface area contributed by atoms with E-state index in [0.29, 0.717) is 0 Å². The third-order valence-corrected chi connectivity index (χ3v) is 7.11. The maximum atomic E-state index is 8.49. The van der Waals surface area contributed by atoms with Crippen LogP contribution < -0.4 is 37.3 Å². The van der Waals surface area contributed by atoms with E-state index in [4.69, 9.17) is 37.3 Å². The summed E-state index contributed by atoms with van der Waals surface area (Å²) in [6, 6.07) is 16.4. The maximum Gasteiger partial charge on any atom is 1.00 e. The molecule has 0 unspecified atom stereocenters. The molecule has 0 aliphatic rings. The van der Waals surface area contributed by atoms with Gasteiger partial charge in [0.05, 0.1) is 22.8 Å². The summed E-state index contributed by atoms with van der Waals surface area (Å²) in [4.78, 5) is 8.22. The van der Waals surface area contributed by atoms with Crippen molar-refractivity contribution in [2.24, 2.45) is 0 Å². The first-order valence-corrected chi connectivity index (χ1v) is 17.7. The number of halogens is 2. The van der Waals surface area contributed by atoms with Gasteiger partial charge in [-0.2, -0.15) is 20.4 Å². The Morgan fingerprint density at radius 2 is 0.593 bits per heavy atom. The van der Waals surface area contributed by atoms with Gasteiger partial charge in [0.2, 0.25) is 0 Å². The maximum absolute atomic E-state index is 8.49. The van der Waals surface area contributed by atoms with E-state index >= 15 is 0 Å². The fourth-order valence-corrected chi connectivity index (χ4v) is 5.42. The largest absolute Gasteiger partial charge is 1.00 e. The first-order chi connectivity index (χ1) is 24.1. The smallest absolute Gasteiger partial charge is 0.265 e. The number of pyridine rings is 2. The second-order valence-electron chi connectivity index (χ2n) is 11.6. The molecule has 0 amide bonds. The minimum atomic E-state index is -4.94. The van der Waals surface area contributed by atoms with Gasteiger partial charge in [-0.25, -0.2) is 56.0 Å². The molecule has 18 nitrogen and oxygen atoms in total. The molecular weight excluding hydrogens is 939 g/mol. The minimum absolute atomic E-state index is 0. The van der Waals surface area contributed by atoms with Crippen LogP contribution in [0.15, 0.2) is 73.3 Å². The molecule has 0 aromatic carbocycles. The summed E-state index contributed by atoms with van der Waals surface area (Å²) in [7, 11) is -9.89. The van der Waals surface area contributed by atoms with E-state index in [-0.39, 0.29) is 57.1 Å². The number of aromatic nitrogens is 10. The predicted octanol–water partition coefficient (Wildman–Crippen LogP) is -3.91. The second kappa shape index (κ2) is 21.3. The monoisotopic (exact) mass is 974 g/mol. The van der Waals surface area contributed by atoms with Gasteiger partial charge >= 0.3 is 44.8 Å². The van der Waals surface area contributed by atoms with Gasteiger partial charge in [0.25, 0.3) is 0 Å². The van der Waals surface area contributed by atoms with E-state index in [1.807, 2.05) is 70.7 Å². The fourth-order valence-electron chi connectivity index (χ4n) is 5.42. The predicted molar refractivity (Wildman–Crippen MR) is 162 cm³/mol. The van der Waals surface area contributed by atoms with Gasteiger partial charge < -0.3 is 0 Å². The molecular formula is C32H38Ag2Cl2N10O8. The van der Waals surface area contributed by atoms with Crippen molar-refractivity contribution < 1.29 is 103 Å². The standard InChI is InChI=1S/2C16H19N5.2Ag.2ClHO4/c2*1-11-9-13(3)20(18-11)16(15-5-7-17-8-6-15)21-14(4)10-12(2)19-21;;;2*2-1(3,4)5/h2*5-10,16H,1-4H3;;;2*(H,2,3,4,5)/q;;2*+1;;/p-2. The summed E-state index contributed by atoms with van der Waals surface area (Å²) in [6.45, 7) is 16.3. The molecule has 0 saturated carbocycles. The van der Waals surface area contributed by atoms with Crippen molar-refractivity contribution in [3.8, 4) is 0 Å². The third kappa shape index (κ3) is 15.6. The van der Waals surface area contributed by atoms with Crippen LogP contribution in [-0.2, 0) is 44.8 Å². The third-order valence-electron chi connectivity index (χ3n) is 7.11. The Morgan fingerprint density at radius 1 is 0.407 bits per heavy atom. The first-order valence-electron chi connectivity index (χ1n) is 15.3. The molecule has 300 valence electrons. The number of aryl methyl sites for hydroxylation is 8. The van der Waals surface area contributed by atoms with Gasteiger partial charge in [-0.05, 0) is 104 Å². The molecule has 6 aromatic rings. The van der Waals surface area contributed by atoms with Crippen molar-refractivity contribution in [1.82, 2.24) is 49.1 Å². The van der Waals surface area contributed by atoms with E-state index in [9.17, 15) is 0 Å². The summed E-state index contributed by atoms with van der Waals surface area (Å²) < 4.78 is 76.0. The van der Waals surface area contributed by atoms with Crippen LogP contribution in [-0.4, -0.2) is 49.1 Å². The van der Waals surface area contributed by atoms with Crippen molar-refractivity contribution in [1.29, 1.82) is 0 Å². The molecule has 0 N–H and O–H groups in total. The zero-order valence-corrected chi connectivity index (χ0v) is 34.7. The summed E-state index contributed by atoms with van der Waals surface area (Å²) in [5.41, 5.74) is 10.7. The average molecular weight is 977 g/mol. The van der Waals surface area contributed by atoms with E-state index in [1.165, 1.54) is 0 Å². The number of hydrogen-bond acceptors (Lipinski definition) is 14. The summed E-state index contributed by atoms with van der Waals surface area (Å²) in [6.07, 6.45) is 7.05. The van der Waals surface area contributed by atoms with Crippen molar-refractivity contribution in [3.05, 3.63) is 130 Å². The molecule has 54 heavy (non-hydrogen) atoms. The number of rotatable bonds is 6. The molecule has 6 rings (SSSR count). The molecule has 0 spiro atoms. The molecule has 22 heteroatoms. The van der Waals surface area contributed by atoms with E-state index in [1.54, 1.807) is 24.8 Å². The van der Waals surface area contributed by atoms with Crippen molar-refractivity contribution >= 4 is 0 Å². The Labute approximate surface area is 347 Å². The molecule has 0 bridgehead atoms. The summed E-state index contributed by atoms with van der Waals surface area (Å²) in [5, 5.41) is 18.6. The van der Waals surface area contributed by atoms with Gasteiger partial charge in [-0.1, -0.05) is 0 Å². The average Bonchev–Trinajstić information content (AvgIpc) is 3.74. The Bertz CT molecular complexity index is 1770. The van der Waals surface area contributed by atoms with Gasteiger partial charge in [0.15, 0.2) is 12.3 Å². The molecule has 0 radical (unpaired) electrons. The topological polar surface area (TPSA) is 282 Å². The minimum Gasteiger partial charge on any atom is -0.265 e. The van der Waals surface area contributed by atoms with Crippen LogP contribution in [0.25, 0.3) is 0 Å². The number of hydrogen-bond donors (Lipinski definition) is 0. The Morgan fingerprint density at radius 3 is 0.741 bits per heavy atom. The zero-order valence-electron chi connectivity index (χ0n) is 30.2. The van der Waals surface area contributed by atoms with Crippen LogP contribution in [0.5, 0.6) is 0 Å². The van der Waals surface area contributed by atoms with Crippen LogP contribution in [0.2, 0.25) is 0 Å². The van der Waals surface area contributed by atoms with Crippen LogP contribution >= 0.6 is 0 Å². The summed E-state index contributed by atoms with van der Waals surface area (Å²) in [5.74, 6) is 0. The van der Waals surface area contributed by atoms with E-state index in [0.717, 1.165) is 56.7 Å². The summed E-state index contributed by atoms with van der Waals surface area (Å²) >= 11 is 0. The first kappa shape index (κ1) is 48.9. The Hall–Kier alpha value is -3.12. The Balaban J connectivity index is 0.000000420. The molecule has 0 fully saturated rings. The normalized spacial score (nSPS) is 11.0. The van der Waals surface area contributed by atoms with Crippen molar-refractivity contribution in [2.45, 2.75) is 67.7 Å². The van der Waals surface area contributed by atoms with Crippen LogP contribution in [0.1, 0.15) is 69.0 Å². The van der Waals surface area contributed by atoms with Gasteiger partial charge in [-0.3, -0.25) is 9.97 Å². The van der Waals surface area contributed by atoms with Crippen LogP contribution in [0, 0.1) is 75.9 Å². The van der Waals surface area contributed by atoms with Crippen molar-refractivity contribution in [3.63, 3.8) is 0 Å².